The summed E-state index contributed by atoms with van der Waals surface area (Å²) in [6.07, 6.45) is 2.08. The van der Waals surface area contributed by atoms with Crippen LogP contribution in [0.4, 0.5) is 5.82 Å². The molecule has 3 N–H and O–H groups in total. The van der Waals surface area contributed by atoms with Crippen molar-refractivity contribution in [2.45, 2.75) is 32.7 Å². The second kappa shape index (κ2) is 8.21. The van der Waals surface area contributed by atoms with Crippen molar-refractivity contribution in [3.8, 4) is 12.0 Å². The van der Waals surface area contributed by atoms with E-state index in [2.05, 4.69) is 26.6 Å². The Morgan fingerprint density at radius 1 is 1.30 bits per heavy atom. The number of anilines is 1. The number of nitrogens with zero attached hydrogens (tertiary/aromatic N) is 4. The van der Waals surface area contributed by atoms with Crippen molar-refractivity contribution in [1.82, 2.24) is 19.5 Å². The van der Waals surface area contributed by atoms with Crippen LogP contribution >= 0.6 is 11.3 Å². The van der Waals surface area contributed by atoms with E-state index in [1.165, 1.54) is 23.0 Å². The summed E-state index contributed by atoms with van der Waals surface area (Å²) in [5, 5.41) is 10.2. The normalized spacial score (nSPS) is 11.0. The minimum absolute atomic E-state index is 0.151. The van der Waals surface area contributed by atoms with Crippen LogP contribution in [0.15, 0.2) is 12.1 Å². The molecule has 0 aliphatic rings. The Balaban J connectivity index is 1.87. The topological polar surface area (TPSA) is 125 Å². The second-order valence-corrected chi connectivity index (χ2v) is 7.14. The van der Waals surface area contributed by atoms with Gasteiger partial charge in [-0.3, -0.25) is 9.36 Å². The fraction of sp³-hybridized carbons (Fsp3) is 0.412. The number of aromatic hydroxyl groups is 1. The number of hydrogen-bond acceptors (Lipinski definition) is 9. The molecule has 0 unspecified atom stereocenters. The maximum Gasteiger partial charge on any atom is 0.320 e. The lowest BCUT2D eigenvalue weighted by Gasteiger charge is -2.06. The molecule has 3 rings (SSSR count). The lowest BCUT2D eigenvalue weighted by molar-refractivity contribution is -0.139. The van der Waals surface area contributed by atoms with Gasteiger partial charge in [0, 0.05) is 9.75 Å². The first-order chi connectivity index (χ1) is 13.0. The third kappa shape index (κ3) is 4.27. The Morgan fingerprint density at radius 3 is 2.81 bits per heavy atom. The number of ether oxygens (including phenoxy) is 2. The third-order valence-corrected chi connectivity index (χ3v) is 4.96. The molecule has 0 radical (unpaired) electrons. The molecule has 3 heterocycles. The molecular formula is C17H21N5O4S. The number of carbonyl (C=O) groups is 1. The van der Waals surface area contributed by atoms with Gasteiger partial charge >= 0.3 is 12.0 Å². The maximum absolute atomic E-state index is 11.4. The molecule has 0 spiro atoms. The van der Waals surface area contributed by atoms with Gasteiger partial charge in [0.25, 0.3) is 6.01 Å². The van der Waals surface area contributed by atoms with E-state index < -0.39 is 0 Å². The highest BCUT2D eigenvalue weighted by Gasteiger charge is 2.18. The molecule has 3 aromatic rings. The fourth-order valence-electron chi connectivity index (χ4n) is 2.48. The Kier molecular flexibility index (Phi) is 5.75. The number of carbonyl (C=O) groups excluding carboxylic acids is 1. The second-order valence-electron chi connectivity index (χ2n) is 5.88. The van der Waals surface area contributed by atoms with Crippen LogP contribution in [0.1, 0.15) is 29.5 Å². The van der Waals surface area contributed by atoms with Gasteiger partial charge in [0.2, 0.25) is 0 Å². The zero-order valence-electron chi connectivity index (χ0n) is 15.1. The average Bonchev–Trinajstić information content (AvgIpc) is 3.21. The minimum atomic E-state index is -0.297. The van der Waals surface area contributed by atoms with Gasteiger partial charge in [-0.2, -0.15) is 15.0 Å². The Hall–Kier alpha value is -2.88. The van der Waals surface area contributed by atoms with Crippen molar-refractivity contribution in [3.63, 3.8) is 0 Å². The highest BCUT2D eigenvalue weighted by atomic mass is 32.1. The van der Waals surface area contributed by atoms with Gasteiger partial charge in [-0.15, -0.1) is 11.3 Å². The summed E-state index contributed by atoms with van der Waals surface area (Å²) in [5.41, 5.74) is 6.66. The number of nitrogen functional groups attached to an aromatic ring is 1. The molecule has 0 aromatic carbocycles. The number of aromatic nitrogens is 4. The summed E-state index contributed by atoms with van der Waals surface area (Å²) < 4.78 is 11.8. The molecule has 3 aromatic heterocycles. The fourth-order valence-corrected chi connectivity index (χ4v) is 3.47. The number of unbranched alkanes of at least 4 members (excludes halogenated alkanes) is 1. The first-order valence-electron chi connectivity index (χ1n) is 8.51. The van der Waals surface area contributed by atoms with Crippen molar-refractivity contribution in [3.05, 3.63) is 21.9 Å². The smallest absolute Gasteiger partial charge is 0.320 e. The van der Waals surface area contributed by atoms with E-state index in [4.69, 9.17) is 10.5 Å². The first kappa shape index (κ1) is 18.9. The number of methoxy groups -OCH3 is 1. The Morgan fingerprint density at radius 2 is 2.07 bits per heavy atom. The number of hydrogen-bond donors (Lipinski definition) is 2. The lowest BCUT2D eigenvalue weighted by atomic mass is 10.3. The SMILES string of the molecule is CCCCOc1nc(N)c2nc(O)n(Cc3ccc(CC(=O)OC)s3)c2n1. The molecule has 0 aliphatic heterocycles. The van der Waals surface area contributed by atoms with E-state index in [-0.39, 0.29) is 30.2 Å². The van der Waals surface area contributed by atoms with Crippen LogP contribution in [0.2, 0.25) is 0 Å². The summed E-state index contributed by atoms with van der Waals surface area (Å²) in [7, 11) is 1.36. The van der Waals surface area contributed by atoms with Crippen molar-refractivity contribution in [2.75, 3.05) is 19.5 Å². The molecule has 0 saturated carbocycles. The number of fused-ring (bicyclic) bond motifs is 1. The third-order valence-electron chi connectivity index (χ3n) is 3.89. The van der Waals surface area contributed by atoms with Crippen LogP contribution in [0, 0.1) is 0 Å². The van der Waals surface area contributed by atoms with E-state index in [0.717, 1.165) is 22.6 Å². The lowest BCUT2D eigenvalue weighted by Crippen LogP contribution is -2.05. The molecule has 0 bridgehead atoms. The highest BCUT2D eigenvalue weighted by Crippen LogP contribution is 2.27. The van der Waals surface area contributed by atoms with Crippen LogP contribution < -0.4 is 10.5 Å². The average molecular weight is 391 g/mol. The summed E-state index contributed by atoms with van der Waals surface area (Å²) >= 11 is 1.45. The van der Waals surface area contributed by atoms with Gasteiger partial charge in [0.15, 0.2) is 17.0 Å². The van der Waals surface area contributed by atoms with Gasteiger partial charge in [0.05, 0.1) is 26.7 Å². The van der Waals surface area contributed by atoms with E-state index in [0.29, 0.717) is 24.3 Å². The molecule has 10 heteroatoms. The minimum Gasteiger partial charge on any atom is -0.480 e. The molecule has 0 saturated heterocycles. The van der Waals surface area contributed by atoms with E-state index in [1.807, 2.05) is 12.1 Å². The van der Waals surface area contributed by atoms with E-state index >= 15 is 0 Å². The standard InChI is InChI=1S/C17H21N5O4S/c1-3-4-7-26-16-20-14(18)13-15(21-16)22(17(24)19-13)9-11-6-5-10(27-11)8-12(23)25-2/h5-6H,3-4,7-9H2,1-2H3,(H,19,24)(H2,18,20,21). The van der Waals surface area contributed by atoms with Gasteiger partial charge in [-0.25, -0.2) is 0 Å². The largest absolute Gasteiger partial charge is 0.480 e. The zero-order valence-corrected chi connectivity index (χ0v) is 16.0. The van der Waals surface area contributed by atoms with E-state index in [9.17, 15) is 9.90 Å². The summed E-state index contributed by atoms with van der Waals surface area (Å²) in [6, 6.07) is 3.69. The van der Waals surface area contributed by atoms with Crippen LogP contribution in [-0.2, 0) is 22.5 Å². The monoisotopic (exact) mass is 391 g/mol. The summed E-state index contributed by atoms with van der Waals surface area (Å²) in [5.74, 6) is -0.146. The number of rotatable bonds is 8. The number of esters is 1. The van der Waals surface area contributed by atoms with Gasteiger partial charge in [-0.05, 0) is 18.6 Å². The molecular weight excluding hydrogens is 370 g/mol. The Bertz CT molecular complexity index is 952. The van der Waals surface area contributed by atoms with Gasteiger partial charge < -0.3 is 20.3 Å². The van der Waals surface area contributed by atoms with Crippen molar-refractivity contribution >= 4 is 34.3 Å². The van der Waals surface area contributed by atoms with Crippen LogP contribution in [0.25, 0.3) is 11.2 Å². The molecule has 0 aliphatic carbocycles. The quantitative estimate of drug-likeness (QED) is 0.442. The predicted molar refractivity (Wildman–Crippen MR) is 101 cm³/mol. The number of nitrogens with two attached hydrogens (primary N) is 1. The zero-order chi connectivity index (χ0) is 19.4. The van der Waals surface area contributed by atoms with Crippen molar-refractivity contribution < 1.29 is 19.4 Å². The maximum atomic E-state index is 11.4. The number of imidazole rings is 1. The molecule has 9 nitrogen and oxygen atoms in total. The van der Waals surface area contributed by atoms with Crippen LogP contribution in [-0.4, -0.2) is 44.3 Å². The predicted octanol–water partition coefficient (Wildman–Crippen LogP) is 2.12. The summed E-state index contributed by atoms with van der Waals surface area (Å²) in [6.45, 7) is 2.88. The summed E-state index contributed by atoms with van der Waals surface area (Å²) in [4.78, 5) is 25.7. The Labute approximate surface area is 159 Å². The molecule has 27 heavy (non-hydrogen) atoms. The first-order valence-corrected chi connectivity index (χ1v) is 9.33. The van der Waals surface area contributed by atoms with Crippen molar-refractivity contribution in [2.24, 2.45) is 0 Å². The molecule has 144 valence electrons. The highest BCUT2D eigenvalue weighted by molar-refractivity contribution is 7.12. The van der Waals surface area contributed by atoms with Gasteiger partial charge in [-0.1, -0.05) is 13.3 Å². The van der Waals surface area contributed by atoms with E-state index in [1.54, 1.807) is 0 Å². The van der Waals surface area contributed by atoms with Gasteiger partial charge in [0.1, 0.15) is 0 Å². The molecule has 0 atom stereocenters. The number of thiophene rings is 1. The molecule has 0 amide bonds. The molecule has 0 fully saturated rings. The van der Waals surface area contributed by atoms with Crippen LogP contribution in [0.3, 0.4) is 0 Å². The van der Waals surface area contributed by atoms with Crippen LogP contribution in [0.5, 0.6) is 12.0 Å². The van der Waals surface area contributed by atoms with Crippen molar-refractivity contribution in [1.29, 1.82) is 0 Å².